The Morgan fingerprint density at radius 1 is 1.33 bits per heavy atom. The lowest BCUT2D eigenvalue weighted by atomic mass is 9.87. The first-order valence-corrected chi connectivity index (χ1v) is 8.86. The molecule has 0 radical (unpaired) electrons. The Labute approximate surface area is 134 Å². The zero-order valence-electron chi connectivity index (χ0n) is 13.7. The Morgan fingerprint density at radius 2 is 1.86 bits per heavy atom. The molecule has 0 saturated heterocycles. The molecule has 2 N–H and O–H groups in total. The predicted molar refractivity (Wildman–Crippen MR) is 89.4 cm³/mol. The lowest BCUT2D eigenvalue weighted by Crippen LogP contribution is -2.40. The molecule has 0 fully saturated rings. The first-order valence-electron chi connectivity index (χ1n) is 6.89. The van der Waals surface area contributed by atoms with Crippen molar-refractivity contribution < 1.29 is 14.5 Å². The van der Waals surface area contributed by atoms with E-state index in [-0.39, 0.29) is 16.2 Å². The number of carboxylic acids is 1. The predicted octanol–water partition coefficient (Wildman–Crippen LogP) is 3.86. The molecular weight excluding hydrogens is 306 g/mol. The summed E-state index contributed by atoms with van der Waals surface area (Å²) in [6, 6.07) is 1.77. The van der Waals surface area contributed by atoms with Crippen molar-refractivity contribution in [2.45, 2.75) is 64.7 Å². The lowest BCUT2D eigenvalue weighted by Gasteiger charge is -2.26. The second-order valence-corrected chi connectivity index (χ2v) is 10.2. The molecule has 6 heteroatoms. The minimum Gasteiger partial charge on any atom is -0.598 e. The van der Waals surface area contributed by atoms with Crippen molar-refractivity contribution in [2.24, 2.45) is 0 Å². The summed E-state index contributed by atoms with van der Waals surface area (Å²) in [5.74, 6) is -0.902. The van der Waals surface area contributed by atoms with Crippen molar-refractivity contribution in [3.05, 3.63) is 21.4 Å². The van der Waals surface area contributed by atoms with Crippen molar-refractivity contribution in [3.63, 3.8) is 0 Å². The monoisotopic (exact) mass is 331 g/mol. The maximum atomic E-state index is 12.2. The summed E-state index contributed by atoms with van der Waals surface area (Å²) < 4.78 is 14.9. The zero-order valence-corrected chi connectivity index (χ0v) is 15.4. The van der Waals surface area contributed by atoms with Crippen LogP contribution in [0.5, 0.6) is 0 Å². The topological polar surface area (TPSA) is 72.4 Å². The molecule has 0 saturated carbocycles. The van der Waals surface area contributed by atoms with Gasteiger partial charge in [-0.2, -0.15) is 0 Å². The maximum absolute atomic E-state index is 12.2. The van der Waals surface area contributed by atoms with Crippen LogP contribution in [0.4, 0.5) is 0 Å². The molecule has 0 amide bonds. The van der Waals surface area contributed by atoms with Crippen molar-refractivity contribution >= 4 is 28.7 Å². The fraction of sp³-hybridized carbons (Fsp3) is 0.667. The smallest absolute Gasteiger partial charge is 0.346 e. The van der Waals surface area contributed by atoms with E-state index in [1.165, 1.54) is 11.3 Å². The minimum absolute atomic E-state index is 0.149. The van der Waals surface area contributed by atoms with Crippen LogP contribution in [-0.4, -0.2) is 20.4 Å². The largest absolute Gasteiger partial charge is 0.598 e. The Hall–Kier alpha value is -0.560. The highest BCUT2D eigenvalue weighted by atomic mass is 32.2. The van der Waals surface area contributed by atoms with E-state index >= 15 is 0 Å². The van der Waals surface area contributed by atoms with E-state index in [0.717, 1.165) is 10.4 Å². The lowest BCUT2D eigenvalue weighted by molar-refractivity contribution is 0.0699. The highest BCUT2D eigenvalue weighted by Crippen LogP contribution is 2.35. The van der Waals surface area contributed by atoms with Gasteiger partial charge < -0.3 is 9.66 Å². The summed E-state index contributed by atoms with van der Waals surface area (Å²) in [7, 11) is 0. The third-order valence-corrected chi connectivity index (χ3v) is 6.01. The van der Waals surface area contributed by atoms with Crippen LogP contribution in [0.2, 0.25) is 0 Å². The maximum Gasteiger partial charge on any atom is 0.346 e. The van der Waals surface area contributed by atoms with Gasteiger partial charge in [-0.05, 0) is 44.7 Å². The summed E-state index contributed by atoms with van der Waals surface area (Å²) in [4.78, 5) is 12.7. The van der Waals surface area contributed by atoms with Crippen LogP contribution < -0.4 is 4.72 Å². The van der Waals surface area contributed by atoms with E-state index in [0.29, 0.717) is 4.88 Å². The molecule has 1 heterocycles. The Bertz CT molecular complexity index is 512. The molecule has 0 bridgehead atoms. The Kier molecular flexibility index (Phi) is 5.53. The first-order chi connectivity index (χ1) is 9.34. The average molecular weight is 332 g/mol. The van der Waals surface area contributed by atoms with Crippen LogP contribution in [0, 0.1) is 0 Å². The van der Waals surface area contributed by atoms with Gasteiger partial charge in [-0.15, -0.1) is 16.1 Å². The number of carboxylic acid groups (broad SMARTS) is 1. The van der Waals surface area contributed by atoms with Crippen LogP contribution in [0.1, 0.15) is 74.6 Å². The van der Waals surface area contributed by atoms with E-state index in [2.05, 4.69) is 4.72 Å². The van der Waals surface area contributed by atoms with Gasteiger partial charge in [0.25, 0.3) is 0 Å². The van der Waals surface area contributed by atoms with Crippen molar-refractivity contribution in [1.82, 2.24) is 4.72 Å². The fourth-order valence-corrected chi connectivity index (χ4v) is 3.82. The highest BCUT2D eigenvalue weighted by Gasteiger charge is 2.31. The molecule has 4 nitrogen and oxygen atoms in total. The average Bonchev–Trinajstić information content (AvgIpc) is 2.71. The Morgan fingerprint density at radius 3 is 2.19 bits per heavy atom. The number of hydrogen-bond donors (Lipinski definition) is 2. The number of carbonyl (C=O) groups is 1. The van der Waals surface area contributed by atoms with E-state index in [1.807, 2.05) is 54.5 Å². The molecule has 1 rings (SSSR count). The van der Waals surface area contributed by atoms with Gasteiger partial charge in [0.15, 0.2) is 0 Å². The van der Waals surface area contributed by atoms with Crippen LogP contribution >= 0.6 is 11.3 Å². The first kappa shape index (κ1) is 18.5. The molecule has 2 atom stereocenters. The van der Waals surface area contributed by atoms with E-state index in [4.69, 9.17) is 0 Å². The normalized spacial score (nSPS) is 15.8. The molecule has 1 aromatic rings. The van der Waals surface area contributed by atoms with Gasteiger partial charge in [-0.1, -0.05) is 20.8 Å². The molecule has 21 heavy (non-hydrogen) atoms. The molecular formula is C15H25NO3S2. The number of thiophene rings is 1. The molecule has 120 valence electrons. The van der Waals surface area contributed by atoms with E-state index in [9.17, 15) is 14.5 Å². The van der Waals surface area contributed by atoms with Crippen molar-refractivity contribution in [1.29, 1.82) is 0 Å². The summed E-state index contributed by atoms with van der Waals surface area (Å²) in [6.45, 7) is 13.6. The molecule has 1 aromatic heterocycles. The SMILES string of the molecule is C[C@H](N[S@@+]([O-])C(C)(C)C)c1cc(C(C)(C)C)c(C(=O)O)s1. The zero-order chi connectivity index (χ0) is 16.6. The van der Waals surface area contributed by atoms with Crippen LogP contribution in [0.25, 0.3) is 0 Å². The van der Waals surface area contributed by atoms with Gasteiger partial charge in [-0.3, -0.25) is 0 Å². The van der Waals surface area contributed by atoms with Gasteiger partial charge in [0.1, 0.15) is 9.62 Å². The third kappa shape index (κ3) is 4.71. The molecule has 0 unspecified atom stereocenters. The molecule has 0 aromatic carbocycles. The standard InChI is InChI=1S/C15H25NO3S2/c1-9(16-21(19)15(5,6)7)11-8-10(14(2,3)4)12(20-11)13(17)18/h8-9,16H,1-7H3,(H,17,18)/t9-,21-/m0/s1. The Balaban J connectivity index is 3.07. The van der Waals surface area contributed by atoms with Gasteiger partial charge in [0.05, 0.1) is 6.04 Å². The van der Waals surface area contributed by atoms with Gasteiger partial charge in [-0.25, -0.2) is 4.79 Å². The second kappa shape index (κ2) is 6.28. The minimum atomic E-state index is -1.19. The van der Waals surface area contributed by atoms with Crippen molar-refractivity contribution in [3.8, 4) is 0 Å². The quantitative estimate of drug-likeness (QED) is 0.822. The summed E-state index contributed by atoms with van der Waals surface area (Å²) >= 11 is 0.0708. The van der Waals surface area contributed by atoms with Crippen LogP contribution in [0.3, 0.4) is 0 Å². The van der Waals surface area contributed by atoms with Gasteiger partial charge in [0.2, 0.25) is 0 Å². The molecule has 0 aliphatic heterocycles. The number of nitrogens with one attached hydrogen (secondary N) is 1. The van der Waals surface area contributed by atoms with Crippen LogP contribution in [0.15, 0.2) is 6.07 Å². The highest BCUT2D eigenvalue weighted by molar-refractivity contribution is 7.90. The number of rotatable bonds is 4. The van der Waals surface area contributed by atoms with Gasteiger partial charge in [0, 0.05) is 16.2 Å². The molecule has 0 spiro atoms. The van der Waals surface area contributed by atoms with Crippen molar-refractivity contribution in [2.75, 3.05) is 0 Å². The number of aromatic carboxylic acids is 1. The van der Waals surface area contributed by atoms with Gasteiger partial charge >= 0.3 is 5.97 Å². The summed E-state index contributed by atoms with van der Waals surface area (Å²) in [5.41, 5.74) is 0.593. The number of hydrogen-bond acceptors (Lipinski definition) is 4. The second-order valence-electron chi connectivity index (χ2n) is 7.17. The van der Waals surface area contributed by atoms with Crippen LogP contribution in [-0.2, 0) is 16.8 Å². The fourth-order valence-electron chi connectivity index (χ4n) is 1.73. The van der Waals surface area contributed by atoms with E-state index < -0.39 is 17.3 Å². The van der Waals surface area contributed by atoms with E-state index in [1.54, 1.807) is 0 Å². The molecule has 0 aliphatic rings. The third-order valence-electron chi connectivity index (χ3n) is 3.02. The molecule has 0 aliphatic carbocycles. The summed E-state index contributed by atoms with van der Waals surface area (Å²) in [6.07, 6.45) is 0. The summed E-state index contributed by atoms with van der Waals surface area (Å²) in [5, 5.41) is 9.37.